The van der Waals surface area contributed by atoms with Crippen LogP contribution in [0.3, 0.4) is 0 Å². The molecule has 5 heteroatoms. The van der Waals surface area contributed by atoms with Gasteiger partial charge in [-0.15, -0.1) is 0 Å². The quantitative estimate of drug-likeness (QED) is 0.771. The summed E-state index contributed by atoms with van der Waals surface area (Å²) in [6.07, 6.45) is 0.663. The van der Waals surface area contributed by atoms with Crippen LogP contribution in [0.1, 0.15) is 36.3 Å². The Kier molecular flexibility index (Phi) is 4.06. The second kappa shape index (κ2) is 5.12. The maximum absolute atomic E-state index is 11.3. The van der Waals surface area contributed by atoms with E-state index in [2.05, 4.69) is 10.4 Å². The lowest BCUT2D eigenvalue weighted by atomic mass is 10.1. The zero-order valence-electron chi connectivity index (χ0n) is 10.4. The predicted octanol–water partition coefficient (Wildman–Crippen LogP) is 0.656. The van der Waals surface area contributed by atoms with E-state index in [4.69, 9.17) is 5.73 Å². The second-order valence-electron chi connectivity index (χ2n) is 3.95. The van der Waals surface area contributed by atoms with Gasteiger partial charge in [0.2, 0.25) is 5.91 Å². The molecule has 1 amide bonds. The van der Waals surface area contributed by atoms with Gasteiger partial charge in [0.15, 0.2) is 0 Å². The van der Waals surface area contributed by atoms with E-state index in [1.165, 1.54) is 0 Å². The van der Waals surface area contributed by atoms with Crippen molar-refractivity contribution in [3.63, 3.8) is 0 Å². The third kappa shape index (κ3) is 2.24. The Morgan fingerprint density at radius 3 is 2.62 bits per heavy atom. The third-order valence-electron chi connectivity index (χ3n) is 2.84. The van der Waals surface area contributed by atoms with Gasteiger partial charge in [0.05, 0.1) is 5.69 Å². The van der Waals surface area contributed by atoms with Gasteiger partial charge in [0, 0.05) is 17.8 Å². The summed E-state index contributed by atoms with van der Waals surface area (Å²) in [4.78, 5) is 11.3. The van der Waals surface area contributed by atoms with Crippen LogP contribution in [0.5, 0.6) is 0 Å². The largest absolute Gasteiger partial charge is 0.368 e. The minimum Gasteiger partial charge on any atom is -0.368 e. The van der Waals surface area contributed by atoms with Crippen molar-refractivity contribution in [2.24, 2.45) is 5.73 Å². The van der Waals surface area contributed by atoms with Crippen LogP contribution in [0.25, 0.3) is 0 Å². The van der Waals surface area contributed by atoms with Crippen molar-refractivity contribution in [3.05, 3.63) is 17.0 Å². The van der Waals surface area contributed by atoms with Crippen LogP contribution in [-0.4, -0.2) is 22.7 Å². The minimum absolute atomic E-state index is 0.330. The fraction of sp³-hybridized carbons (Fsp3) is 0.636. The van der Waals surface area contributed by atoms with Crippen LogP contribution in [0, 0.1) is 13.8 Å². The number of hydrogen-bond donors (Lipinski definition) is 2. The molecule has 0 aliphatic rings. The number of nitrogens with zero attached hydrogens (tertiary/aromatic N) is 2. The van der Waals surface area contributed by atoms with Crippen LogP contribution in [0.2, 0.25) is 0 Å². The van der Waals surface area contributed by atoms with Gasteiger partial charge >= 0.3 is 0 Å². The molecule has 0 saturated carbocycles. The van der Waals surface area contributed by atoms with Crippen LogP contribution in [0.15, 0.2) is 0 Å². The standard InChI is InChI=1S/C11H20N4O/c1-5-10(11(12)16)15-8(3)9(6-13-4)7(2)14-15/h10,13H,5-6H2,1-4H3,(H2,12,16). The molecule has 0 spiro atoms. The first-order valence-corrected chi connectivity index (χ1v) is 5.51. The van der Waals surface area contributed by atoms with E-state index in [-0.39, 0.29) is 11.9 Å². The molecule has 0 bridgehead atoms. The highest BCUT2D eigenvalue weighted by atomic mass is 16.1. The van der Waals surface area contributed by atoms with E-state index in [0.717, 1.165) is 23.5 Å². The summed E-state index contributed by atoms with van der Waals surface area (Å²) in [5.41, 5.74) is 8.47. The summed E-state index contributed by atoms with van der Waals surface area (Å²) in [5.74, 6) is -0.330. The van der Waals surface area contributed by atoms with Crippen molar-refractivity contribution in [1.82, 2.24) is 15.1 Å². The molecule has 16 heavy (non-hydrogen) atoms. The van der Waals surface area contributed by atoms with Gasteiger partial charge in [-0.05, 0) is 27.3 Å². The maximum Gasteiger partial charge on any atom is 0.242 e. The zero-order valence-corrected chi connectivity index (χ0v) is 10.4. The van der Waals surface area contributed by atoms with E-state index in [9.17, 15) is 4.79 Å². The SMILES string of the molecule is CCC(C(N)=O)n1nc(C)c(CNC)c1C. The molecule has 1 aromatic rings. The number of primary amides is 1. The Morgan fingerprint density at radius 1 is 1.56 bits per heavy atom. The van der Waals surface area contributed by atoms with Crippen molar-refractivity contribution >= 4 is 5.91 Å². The van der Waals surface area contributed by atoms with Crippen molar-refractivity contribution in [2.75, 3.05) is 7.05 Å². The average Bonchev–Trinajstić information content (AvgIpc) is 2.47. The molecule has 0 aromatic carbocycles. The third-order valence-corrected chi connectivity index (χ3v) is 2.84. The Hall–Kier alpha value is -1.36. The lowest BCUT2D eigenvalue weighted by Crippen LogP contribution is -2.27. The fourth-order valence-corrected chi connectivity index (χ4v) is 1.93. The molecule has 0 aliphatic carbocycles. The number of nitrogens with one attached hydrogen (secondary N) is 1. The van der Waals surface area contributed by atoms with Crippen molar-refractivity contribution in [3.8, 4) is 0 Å². The number of rotatable bonds is 5. The Bertz CT molecular complexity index is 384. The van der Waals surface area contributed by atoms with Crippen molar-refractivity contribution in [2.45, 2.75) is 39.8 Å². The summed E-state index contributed by atoms with van der Waals surface area (Å²) in [6.45, 7) is 6.61. The normalized spacial score (nSPS) is 12.8. The topological polar surface area (TPSA) is 72.9 Å². The molecule has 1 rings (SSSR count). The molecule has 1 atom stereocenters. The van der Waals surface area contributed by atoms with Crippen LogP contribution >= 0.6 is 0 Å². The summed E-state index contributed by atoms with van der Waals surface area (Å²) < 4.78 is 1.74. The first kappa shape index (κ1) is 12.7. The van der Waals surface area contributed by atoms with E-state index >= 15 is 0 Å². The summed E-state index contributed by atoms with van der Waals surface area (Å²) >= 11 is 0. The number of carbonyl (C=O) groups excluding carboxylic acids is 1. The average molecular weight is 224 g/mol. The fourth-order valence-electron chi connectivity index (χ4n) is 1.93. The van der Waals surface area contributed by atoms with Crippen LogP contribution in [0.4, 0.5) is 0 Å². The van der Waals surface area contributed by atoms with Crippen LogP contribution < -0.4 is 11.1 Å². The number of aromatic nitrogens is 2. The first-order valence-electron chi connectivity index (χ1n) is 5.51. The highest BCUT2D eigenvalue weighted by Gasteiger charge is 2.20. The first-order chi connectivity index (χ1) is 7.52. The van der Waals surface area contributed by atoms with Gasteiger partial charge in [0.1, 0.15) is 6.04 Å². The van der Waals surface area contributed by atoms with E-state index < -0.39 is 0 Å². The van der Waals surface area contributed by atoms with Crippen LogP contribution in [-0.2, 0) is 11.3 Å². The minimum atomic E-state index is -0.343. The highest BCUT2D eigenvalue weighted by Crippen LogP contribution is 2.19. The molecule has 3 N–H and O–H groups in total. The Balaban J connectivity index is 3.14. The number of carbonyl (C=O) groups is 1. The second-order valence-corrected chi connectivity index (χ2v) is 3.95. The number of hydrogen-bond acceptors (Lipinski definition) is 3. The summed E-state index contributed by atoms with van der Waals surface area (Å²) in [5, 5.41) is 7.49. The summed E-state index contributed by atoms with van der Waals surface area (Å²) in [6, 6.07) is -0.343. The molecule has 0 aliphatic heterocycles. The van der Waals surface area contributed by atoms with Gasteiger partial charge < -0.3 is 11.1 Å². The lowest BCUT2D eigenvalue weighted by molar-refractivity contribution is -0.121. The van der Waals surface area contributed by atoms with Crippen molar-refractivity contribution < 1.29 is 4.79 Å². The monoisotopic (exact) mass is 224 g/mol. The molecule has 1 heterocycles. The maximum atomic E-state index is 11.3. The molecular weight excluding hydrogens is 204 g/mol. The van der Waals surface area contributed by atoms with E-state index in [1.54, 1.807) is 4.68 Å². The predicted molar refractivity (Wildman–Crippen MR) is 63.0 cm³/mol. The molecule has 0 radical (unpaired) electrons. The molecule has 0 saturated heterocycles. The lowest BCUT2D eigenvalue weighted by Gasteiger charge is -2.13. The Labute approximate surface area is 96.0 Å². The molecule has 5 nitrogen and oxygen atoms in total. The van der Waals surface area contributed by atoms with Gasteiger partial charge in [-0.2, -0.15) is 5.10 Å². The molecule has 1 unspecified atom stereocenters. The van der Waals surface area contributed by atoms with E-state index in [0.29, 0.717) is 6.42 Å². The number of nitrogens with two attached hydrogens (primary N) is 1. The highest BCUT2D eigenvalue weighted by molar-refractivity contribution is 5.78. The number of amides is 1. The molecule has 1 aromatic heterocycles. The molecule has 0 fully saturated rings. The van der Waals surface area contributed by atoms with Crippen molar-refractivity contribution in [1.29, 1.82) is 0 Å². The van der Waals surface area contributed by atoms with Gasteiger partial charge in [-0.3, -0.25) is 9.48 Å². The smallest absolute Gasteiger partial charge is 0.242 e. The van der Waals surface area contributed by atoms with Gasteiger partial charge in [-0.25, -0.2) is 0 Å². The van der Waals surface area contributed by atoms with Gasteiger partial charge in [0.25, 0.3) is 0 Å². The molecular formula is C11H20N4O. The summed E-state index contributed by atoms with van der Waals surface area (Å²) in [7, 11) is 1.89. The Morgan fingerprint density at radius 2 is 2.19 bits per heavy atom. The zero-order chi connectivity index (χ0) is 12.3. The number of aryl methyl sites for hydroxylation is 1. The van der Waals surface area contributed by atoms with E-state index in [1.807, 2.05) is 27.8 Å². The molecule has 90 valence electrons. The van der Waals surface area contributed by atoms with Gasteiger partial charge in [-0.1, -0.05) is 6.92 Å².